The molecule has 1 amide bonds. The minimum absolute atomic E-state index is 0.162. The first-order chi connectivity index (χ1) is 12.5. The SMILES string of the molecule is Cc1nnc(N2C[C@@H](F)C[C@H]2CN(C)C(=O)c2ccc3nncn3c2)o1. The van der Waals surface area contributed by atoms with Crippen molar-refractivity contribution >= 4 is 17.6 Å². The summed E-state index contributed by atoms with van der Waals surface area (Å²) in [6.07, 6.45) is 2.53. The van der Waals surface area contributed by atoms with E-state index in [9.17, 15) is 9.18 Å². The number of aryl methyl sites for hydroxylation is 1. The monoisotopic (exact) mass is 359 g/mol. The highest BCUT2D eigenvalue weighted by Gasteiger charge is 2.36. The van der Waals surface area contributed by atoms with E-state index in [4.69, 9.17) is 4.42 Å². The topological polar surface area (TPSA) is 92.7 Å². The number of likely N-dealkylation sites (N-methyl/N-ethyl adjacent to an activating group) is 1. The Kier molecular flexibility index (Phi) is 4.02. The minimum atomic E-state index is -0.996. The number of aromatic nitrogens is 5. The van der Waals surface area contributed by atoms with E-state index in [0.717, 1.165) is 0 Å². The van der Waals surface area contributed by atoms with Gasteiger partial charge in [-0.2, -0.15) is 0 Å². The number of fused-ring (bicyclic) bond motifs is 1. The number of hydrogen-bond donors (Lipinski definition) is 0. The molecule has 2 atom stereocenters. The Labute approximate surface area is 148 Å². The second-order valence-corrected chi connectivity index (χ2v) is 6.44. The molecule has 0 aromatic carbocycles. The van der Waals surface area contributed by atoms with E-state index in [1.807, 2.05) is 0 Å². The maximum absolute atomic E-state index is 14.0. The average Bonchev–Trinajstić information content (AvgIpc) is 3.33. The Morgan fingerprint density at radius 2 is 2.23 bits per heavy atom. The van der Waals surface area contributed by atoms with Crippen molar-refractivity contribution in [2.45, 2.75) is 25.6 Å². The van der Waals surface area contributed by atoms with Crippen LogP contribution < -0.4 is 4.90 Å². The van der Waals surface area contributed by atoms with Crippen LogP contribution in [0, 0.1) is 6.92 Å². The molecule has 3 aromatic rings. The zero-order chi connectivity index (χ0) is 18.3. The van der Waals surface area contributed by atoms with Gasteiger partial charge in [-0.3, -0.25) is 9.20 Å². The molecule has 0 N–H and O–H groups in total. The van der Waals surface area contributed by atoms with Crippen molar-refractivity contribution in [3.05, 3.63) is 36.1 Å². The summed E-state index contributed by atoms with van der Waals surface area (Å²) in [5.41, 5.74) is 1.17. The fourth-order valence-corrected chi connectivity index (χ4v) is 3.24. The molecule has 4 heterocycles. The number of halogens is 1. The van der Waals surface area contributed by atoms with E-state index in [-0.39, 0.29) is 18.5 Å². The summed E-state index contributed by atoms with van der Waals surface area (Å²) in [6, 6.07) is 3.50. The van der Waals surface area contributed by atoms with Crippen LogP contribution in [0.1, 0.15) is 22.7 Å². The summed E-state index contributed by atoms with van der Waals surface area (Å²) in [5.74, 6) is 0.261. The molecule has 26 heavy (non-hydrogen) atoms. The Morgan fingerprint density at radius 1 is 1.38 bits per heavy atom. The lowest BCUT2D eigenvalue weighted by molar-refractivity contribution is 0.0785. The molecule has 0 bridgehead atoms. The first-order valence-electron chi connectivity index (χ1n) is 8.27. The third kappa shape index (κ3) is 2.98. The van der Waals surface area contributed by atoms with E-state index < -0.39 is 6.17 Å². The Balaban J connectivity index is 1.50. The van der Waals surface area contributed by atoms with Gasteiger partial charge in [-0.25, -0.2) is 4.39 Å². The molecule has 4 rings (SSSR count). The van der Waals surface area contributed by atoms with Crippen molar-refractivity contribution in [2.75, 3.05) is 25.0 Å². The van der Waals surface area contributed by atoms with Gasteiger partial charge in [0, 0.05) is 33.1 Å². The third-order valence-corrected chi connectivity index (χ3v) is 4.49. The molecular weight excluding hydrogens is 341 g/mol. The summed E-state index contributed by atoms with van der Waals surface area (Å²) in [7, 11) is 1.70. The molecule has 0 radical (unpaired) electrons. The quantitative estimate of drug-likeness (QED) is 0.689. The number of carbonyl (C=O) groups is 1. The van der Waals surface area contributed by atoms with Crippen LogP contribution in [0.2, 0.25) is 0 Å². The van der Waals surface area contributed by atoms with Crippen molar-refractivity contribution in [3.63, 3.8) is 0 Å². The zero-order valence-electron chi connectivity index (χ0n) is 14.4. The van der Waals surface area contributed by atoms with Crippen LogP contribution in [0.3, 0.4) is 0 Å². The average molecular weight is 359 g/mol. The lowest BCUT2D eigenvalue weighted by Gasteiger charge is -2.27. The van der Waals surface area contributed by atoms with Crippen LogP contribution in [-0.4, -0.2) is 68.0 Å². The standard InChI is InChI=1S/C16H18FN7O2/c1-10-19-21-16(26-10)24-7-12(17)5-13(24)8-22(2)15(25)11-3-4-14-20-18-9-23(14)6-11/h3-4,6,9,12-13H,5,7-8H2,1-2H3/t12-,13-/m0/s1. The molecule has 136 valence electrons. The molecule has 1 aliphatic rings. The lowest BCUT2D eigenvalue weighted by Crippen LogP contribution is -2.41. The molecule has 1 aliphatic heterocycles. The predicted octanol–water partition coefficient (Wildman–Crippen LogP) is 1.11. The summed E-state index contributed by atoms with van der Waals surface area (Å²) < 4.78 is 21.1. The van der Waals surface area contributed by atoms with Gasteiger partial charge in [-0.1, -0.05) is 5.10 Å². The van der Waals surface area contributed by atoms with Crippen molar-refractivity contribution in [2.24, 2.45) is 0 Å². The van der Waals surface area contributed by atoms with E-state index in [2.05, 4.69) is 20.4 Å². The van der Waals surface area contributed by atoms with Crippen molar-refractivity contribution in [1.82, 2.24) is 29.7 Å². The summed E-state index contributed by atoms with van der Waals surface area (Å²) >= 11 is 0. The Hall–Kier alpha value is -3.04. The highest BCUT2D eigenvalue weighted by molar-refractivity contribution is 5.94. The summed E-state index contributed by atoms with van der Waals surface area (Å²) in [5, 5.41) is 15.5. The van der Waals surface area contributed by atoms with E-state index in [1.54, 1.807) is 46.5 Å². The van der Waals surface area contributed by atoms with Crippen molar-refractivity contribution < 1.29 is 13.6 Å². The third-order valence-electron chi connectivity index (χ3n) is 4.49. The van der Waals surface area contributed by atoms with Gasteiger partial charge in [-0.05, 0) is 12.1 Å². The van der Waals surface area contributed by atoms with Gasteiger partial charge in [0.15, 0.2) is 5.65 Å². The molecule has 1 fully saturated rings. The second-order valence-electron chi connectivity index (χ2n) is 6.44. The number of amides is 1. The fourth-order valence-electron chi connectivity index (χ4n) is 3.24. The number of nitrogens with zero attached hydrogens (tertiary/aromatic N) is 7. The van der Waals surface area contributed by atoms with Crippen molar-refractivity contribution in [1.29, 1.82) is 0 Å². The number of carbonyl (C=O) groups excluding carboxylic acids is 1. The largest absolute Gasteiger partial charge is 0.408 e. The van der Waals surface area contributed by atoms with Gasteiger partial charge >= 0.3 is 6.01 Å². The van der Waals surface area contributed by atoms with Crippen LogP contribution in [0.5, 0.6) is 0 Å². The number of hydrogen-bond acceptors (Lipinski definition) is 7. The van der Waals surface area contributed by atoms with Gasteiger partial charge in [0.25, 0.3) is 5.91 Å². The van der Waals surface area contributed by atoms with Gasteiger partial charge < -0.3 is 14.2 Å². The summed E-state index contributed by atoms with van der Waals surface area (Å²) in [4.78, 5) is 16.0. The molecule has 9 nitrogen and oxygen atoms in total. The summed E-state index contributed by atoms with van der Waals surface area (Å²) in [6.45, 7) is 2.22. The van der Waals surface area contributed by atoms with Crippen molar-refractivity contribution in [3.8, 4) is 0 Å². The minimum Gasteiger partial charge on any atom is -0.408 e. The maximum Gasteiger partial charge on any atom is 0.318 e. The molecule has 1 saturated heterocycles. The first-order valence-corrected chi connectivity index (χ1v) is 8.27. The highest BCUT2D eigenvalue weighted by Crippen LogP contribution is 2.27. The highest BCUT2D eigenvalue weighted by atomic mass is 19.1. The van der Waals surface area contributed by atoms with Gasteiger partial charge in [0.2, 0.25) is 5.89 Å². The number of pyridine rings is 1. The lowest BCUT2D eigenvalue weighted by atomic mass is 10.2. The molecule has 0 unspecified atom stereocenters. The maximum atomic E-state index is 14.0. The van der Waals surface area contributed by atoms with E-state index in [0.29, 0.717) is 36.1 Å². The second kappa shape index (κ2) is 6.36. The molecule has 0 spiro atoms. The number of rotatable bonds is 4. The predicted molar refractivity (Wildman–Crippen MR) is 89.6 cm³/mol. The van der Waals surface area contributed by atoms with E-state index >= 15 is 0 Å². The van der Waals surface area contributed by atoms with Crippen LogP contribution in [0.4, 0.5) is 10.4 Å². The molecular formula is C16H18FN7O2. The van der Waals surface area contributed by atoms with Gasteiger partial charge in [0.1, 0.15) is 12.5 Å². The molecule has 0 aliphatic carbocycles. The van der Waals surface area contributed by atoms with Gasteiger partial charge in [-0.15, -0.1) is 15.3 Å². The number of anilines is 1. The zero-order valence-corrected chi connectivity index (χ0v) is 14.4. The van der Waals surface area contributed by atoms with Crippen LogP contribution in [0.15, 0.2) is 29.1 Å². The van der Waals surface area contributed by atoms with E-state index in [1.165, 1.54) is 6.33 Å². The molecule has 3 aromatic heterocycles. The van der Waals surface area contributed by atoms with Gasteiger partial charge in [0.05, 0.1) is 18.2 Å². The molecule has 0 saturated carbocycles. The van der Waals surface area contributed by atoms with Crippen LogP contribution in [0.25, 0.3) is 5.65 Å². The number of alkyl halides is 1. The Bertz CT molecular complexity index is 939. The van der Waals surface area contributed by atoms with Crippen LogP contribution in [-0.2, 0) is 0 Å². The van der Waals surface area contributed by atoms with Crippen LogP contribution >= 0.6 is 0 Å². The fraction of sp³-hybridized carbons (Fsp3) is 0.438. The first kappa shape index (κ1) is 16.4. The Morgan fingerprint density at radius 3 is 3.00 bits per heavy atom. The molecule has 10 heteroatoms. The smallest absolute Gasteiger partial charge is 0.318 e. The normalized spacial score (nSPS) is 20.0.